The zero-order valence-corrected chi connectivity index (χ0v) is 11.8. The number of aromatic nitrogens is 1. The molecule has 0 saturated carbocycles. The van der Waals surface area contributed by atoms with Gasteiger partial charge in [0.25, 0.3) is 0 Å². The molecule has 104 valence electrons. The van der Waals surface area contributed by atoms with E-state index in [1.807, 2.05) is 13.0 Å². The van der Waals surface area contributed by atoms with Gasteiger partial charge in [-0.1, -0.05) is 0 Å². The van der Waals surface area contributed by atoms with E-state index in [0.717, 1.165) is 5.56 Å². The van der Waals surface area contributed by atoms with Gasteiger partial charge >= 0.3 is 5.97 Å². The van der Waals surface area contributed by atoms with E-state index in [2.05, 4.69) is 10.3 Å². The fourth-order valence-corrected chi connectivity index (χ4v) is 1.42. The van der Waals surface area contributed by atoms with Crippen LogP contribution in [0.4, 0.5) is 5.69 Å². The van der Waals surface area contributed by atoms with Gasteiger partial charge in [0.1, 0.15) is 5.60 Å². The second-order valence-corrected chi connectivity index (χ2v) is 5.33. The Balaban J connectivity index is 2.41. The quantitative estimate of drug-likeness (QED) is 0.848. The van der Waals surface area contributed by atoms with E-state index in [0.29, 0.717) is 5.69 Å². The van der Waals surface area contributed by atoms with Gasteiger partial charge in [-0.25, -0.2) is 0 Å². The number of ether oxygens (including phenoxy) is 1. The lowest BCUT2D eigenvalue weighted by molar-refractivity contribution is -0.155. The molecule has 0 spiro atoms. The summed E-state index contributed by atoms with van der Waals surface area (Å²) in [6, 6.07) is 1.81. The largest absolute Gasteiger partial charge is 0.460 e. The summed E-state index contributed by atoms with van der Waals surface area (Å²) < 4.78 is 5.13. The van der Waals surface area contributed by atoms with Crippen molar-refractivity contribution in [2.75, 3.05) is 5.32 Å². The zero-order chi connectivity index (χ0) is 14.5. The maximum Gasteiger partial charge on any atom is 0.306 e. The molecule has 1 amide bonds. The third kappa shape index (κ3) is 5.99. The van der Waals surface area contributed by atoms with Crippen molar-refractivity contribution >= 4 is 17.6 Å². The molecule has 5 heteroatoms. The molecule has 5 nitrogen and oxygen atoms in total. The normalized spacial score (nSPS) is 10.9. The highest BCUT2D eigenvalue weighted by molar-refractivity contribution is 5.93. The molecule has 1 aromatic rings. The Morgan fingerprint density at radius 3 is 2.58 bits per heavy atom. The molecule has 0 bridgehead atoms. The van der Waals surface area contributed by atoms with E-state index in [-0.39, 0.29) is 24.7 Å². The monoisotopic (exact) mass is 264 g/mol. The molecule has 0 aromatic carbocycles. The van der Waals surface area contributed by atoms with Gasteiger partial charge in [0.2, 0.25) is 5.91 Å². The molecule has 0 aliphatic rings. The van der Waals surface area contributed by atoms with Crippen LogP contribution >= 0.6 is 0 Å². The SMILES string of the molecule is Cc1ccncc1NC(=O)CCC(=O)OC(C)(C)C. The molecule has 1 N–H and O–H groups in total. The predicted octanol–water partition coefficient (Wildman–Crippen LogP) is 2.45. The summed E-state index contributed by atoms with van der Waals surface area (Å²) in [5.41, 5.74) is 1.07. The predicted molar refractivity (Wildman–Crippen MR) is 72.7 cm³/mol. The second kappa shape index (κ2) is 6.31. The van der Waals surface area contributed by atoms with Crippen LogP contribution in [0.1, 0.15) is 39.2 Å². The van der Waals surface area contributed by atoms with Crippen molar-refractivity contribution < 1.29 is 14.3 Å². The van der Waals surface area contributed by atoms with E-state index in [1.165, 1.54) is 0 Å². The van der Waals surface area contributed by atoms with Crippen LogP contribution < -0.4 is 5.32 Å². The van der Waals surface area contributed by atoms with E-state index >= 15 is 0 Å². The molecule has 0 radical (unpaired) electrons. The summed E-state index contributed by atoms with van der Waals surface area (Å²) in [6.45, 7) is 7.27. The number of esters is 1. The Bertz CT molecular complexity index is 464. The maximum atomic E-state index is 11.7. The van der Waals surface area contributed by atoms with Gasteiger partial charge in [-0.3, -0.25) is 14.6 Å². The first-order valence-electron chi connectivity index (χ1n) is 6.20. The lowest BCUT2D eigenvalue weighted by Crippen LogP contribution is -2.24. The van der Waals surface area contributed by atoms with Gasteiger partial charge in [-0.2, -0.15) is 0 Å². The number of aryl methyl sites for hydroxylation is 1. The molecular formula is C14H20N2O3. The maximum absolute atomic E-state index is 11.7. The fourth-order valence-electron chi connectivity index (χ4n) is 1.42. The number of amides is 1. The van der Waals surface area contributed by atoms with Crippen LogP contribution in [0, 0.1) is 6.92 Å². The molecule has 0 aliphatic carbocycles. The van der Waals surface area contributed by atoms with Crippen molar-refractivity contribution in [3.05, 3.63) is 24.0 Å². The van der Waals surface area contributed by atoms with E-state index in [1.54, 1.807) is 33.2 Å². The average molecular weight is 264 g/mol. The van der Waals surface area contributed by atoms with Gasteiger partial charge in [-0.05, 0) is 39.3 Å². The first-order chi connectivity index (χ1) is 8.78. The van der Waals surface area contributed by atoms with E-state index in [4.69, 9.17) is 4.74 Å². The van der Waals surface area contributed by atoms with Crippen LogP contribution in [0.5, 0.6) is 0 Å². The number of carbonyl (C=O) groups excluding carboxylic acids is 2. The fraction of sp³-hybridized carbons (Fsp3) is 0.500. The third-order valence-electron chi connectivity index (χ3n) is 2.29. The summed E-state index contributed by atoms with van der Waals surface area (Å²) in [5.74, 6) is -0.590. The van der Waals surface area contributed by atoms with Crippen molar-refractivity contribution in [3.63, 3.8) is 0 Å². The Morgan fingerprint density at radius 1 is 1.32 bits per heavy atom. The topological polar surface area (TPSA) is 68.3 Å². The van der Waals surface area contributed by atoms with E-state index in [9.17, 15) is 9.59 Å². The lowest BCUT2D eigenvalue weighted by Gasteiger charge is -2.19. The zero-order valence-electron chi connectivity index (χ0n) is 11.8. The van der Waals surface area contributed by atoms with Crippen molar-refractivity contribution in [3.8, 4) is 0 Å². The summed E-state index contributed by atoms with van der Waals surface area (Å²) >= 11 is 0. The molecule has 0 atom stereocenters. The minimum atomic E-state index is -0.520. The Labute approximate surface area is 113 Å². The van der Waals surface area contributed by atoms with Crippen molar-refractivity contribution in [2.24, 2.45) is 0 Å². The molecule has 1 rings (SSSR count). The van der Waals surface area contributed by atoms with Crippen LogP contribution in [0.15, 0.2) is 18.5 Å². The highest BCUT2D eigenvalue weighted by atomic mass is 16.6. The van der Waals surface area contributed by atoms with Crippen molar-refractivity contribution in [2.45, 2.75) is 46.1 Å². The van der Waals surface area contributed by atoms with Gasteiger partial charge < -0.3 is 10.1 Å². The minimum Gasteiger partial charge on any atom is -0.460 e. The second-order valence-electron chi connectivity index (χ2n) is 5.33. The van der Waals surface area contributed by atoms with E-state index < -0.39 is 5.60 Å². The number of anilines is 1. The van der Waals surface area contributed by atoms with Gasteiger partial charge in [0.05, 0.1) is 18.3 Å². The van der Waals surface area contributed by atoms with Crippen LogP contribution in [0.25, 0.3) is 0 Å². The molecular weight excluding hydrogens is 244 g/mol. The highest BCUT2D eigenvalue weighted by Crippen LogP contribution is 2.13. The standard InChI is InChI=1S/C14H20N2O3/c1-10-7-8-15-9-11(10)16-12(17)5-6-13(18)19-14(2,3)4/h7-9H,5-6H2,1-4H3,(H,16,17). The molecule has 0 saturated heterocycles. The molecule has 0 aliphatic heterocycles. The number of hydrogen-bond acceptors (Lipinski definition) is 4. The number of nitrogens with zero attached hydrogens (tertiary/aromatic N) is 1. The molecule has 0 unspecified atom stereocenters. The molecule has 1 aromatic heterocycles. The number of carbonyl (C=O) groups is 2. The Morgan fingerprint density at radius 2 is 2.00 bits per heavy atom. The van der Waals surface area contributed by atoms with Gasteiger partial charge in [0, 0.05) is 12.6 Å². The first kappa shape index (κ1) is 15.1. The summed E-state index contributed by atoms with van der Waals surface area (Å²) in [7, 11) is 0. The lowest BCUT2D eigenvalue weighted by atomic mass is 10.2. The van der Waals surface area contributed by atoms with Gasteiger partial charge in [-0.15, -0.1) is 0 Å². The van der Waals surface area contributed by atoms with Crippen molar-refractivity contribution in [1.29, 1.82) is 0 Å². The third-order valence-corrected chi connectivity index (χ3v) is 2.29. The molecule has 1 heterocycles. The minimum absolute atomic E-state index is 0.0718. The van der Waals surface area contributed by atoms with Crippen LogP contribution in [-0.4, -0.2) is 22.5 Å². The van der Waals surface area contributed by atoms with Crippen molar-refractivity contribution in [1.82, 2.24) is 4.98 Å². The number of pyridine rings is 1. The first-order valence-corrected chi connectivity index (χ1v) is 6.20. The smallest absolute Gasteiger partial charge is 0.306 e. The highest BCUT2D eigenvalue weighted by Gasteiger charge is 2.17. The molecule has 19 heavy (non-hydrogen) atoms. The number of hydrogen-bond donors (Lipinski definition) is 1. The number of rotatable bonds is 4. The summed E-state index contributed by atoms with van der Waals surface area (Å²) in [6.07, 6.45) is 3.41. The van der Waals surface area contributed by atoms with Crippen LogP contribution in [0.2, 0.25) is 0 Å². The summed E-state index contributed by atoms with van der Waals surface area (Å²) in [4.78, 5) is 27.1. The van der Waals surface area contributed by atoms with Crippen LogP contribution in [-0.2, 0) is 14.3 Å². The number of nitrogens with one attached hydrogen (secondary N) is 1. The van der Waals surface area contributed by atoms with Gasteiger partial charge in [0.15, 0.2) is 0 Å². The Kier molecular flexibility index (Phi) is 5.03. The average Bonchev–Trinajstić information content (AvgIpc) is 2.27. The Hall–Kier alpha value is -1.91. The van der Waals surface area contributed by atoms with Crippen LogP contribution in [0.3, 0.4) is 0 Å². The molecule has 0 fully saturated rings. The summed E-state index contributed by atoms with van der Waals surface area (Å²) in [5, 5.41) is 2.72.